The molecule has 0 spiro atoms. The fourth-order valence-electron chi connectivity index (χ4n) is 0.725. The summed E-state index contributed by atoms with van der Waals surface area (Å²) in [7, 11) is 0. The van der Waals surface area contributed by atoms with Gasteiger partial charge in [-0.25, -0.2) is 0 Å². The van der Waals surface area contributed by atoms with Gasteiger partial charge in [-0.05, 0) is 20.3 Å². The molecule has 0 amide bonds. The second-order valence-electron chi connectivity index (χ2n) is 3.22. The molecule has 0 rings (SSSR count). The van der Waals surface area contributed by atoms with Crippen molar-refractivity contribution >= 4 is 0 Å². The maximum atomic E-state index is 5.85. The molecule has 0 aromatic heterocycles. The van der Waals surface area contributed by atoms with Crippen LogP contribution in [-0.4, -0.2) is 12.2 Å². The maximum Gasteiger partial charge on any atom is 0.0670 e. The molecular formula is C9H18N2. The SMILES string of the molecule is C=CCC(C)(N)NCC(=C)C. The van der Waals surface area contributed by atoms with Gasteiger partial charge in [-0.2, -0.15) is 0 Å². The summed E-state index contributed by atoms with van der Waals surface area (Å²) in [4.78, 5) is 0. The molecule has 2 nitrogen and oxygen atoms in total. The smallest absolute Gasteiger partial charge is 0.0670 e. The van der Waals surface area contributed by atoms with Crippen molar-refractivity contribution < 1.29 is 0 Å². The van der Waals surface area contributed by atoms with Gasteiger partial charge >= 0.3 is 0 Å². The highest BCUT2D eigenvalue weighted by Crippen LogP contribution is 2.01. The molecule has 0 aliphatic heterocycles. The monoisotopic (exact) mass is 154 g/mol. The van der Waals surface area contributed by atoms with E-state index >= 15 is 0 Å². The molecule has 0 bridgehead atoms. The third kappa shape index (κ3) is 5.83. The standard InChI is InChI=1S/C9H18N2/c1-5-6-9(4,10)11-7-8(2)3/h5,11H,1-2,6-7,10H2,3-4H3. The molecule has 1 atom stereocenters. The van der Waals surface area contributed by atoms with Crippen molar-refractivity contribution in [3.63, 3.8) is 0 Å². The first-order chi connectivity index (χ1) is 4.98. The van der Waals surface area contributed by atoms with Gasteiger partial charge in [0.25, 0.3) is 0 Å². The summed E-state index contributed by atoms with van der Waals surface area (Å²) < 4.78 is 0. The van der Waals surface area contributed by atoms with Crippen molar-refractivity contribution in [1.82, 2.24) is 5.32 Å². The Bertz CT molecular complexity index is 148. The maximum absolute atomic E-state index is 5.85. The van der Waals surface area contributed by atoms with Gasteiger partial charge in [-0.1, -0.05) is 18.2 Å². The van der Waals surface area contributed by atoms with Crippen LogP contribution in [0.25, 0.3) is 0 Å². The summed E-state index contributed by atoms with van der Waals surface area (Å²) in [5.74, 6) is 0. The minimum atomic E-state index is -0.347. The van der Waals surface area contributed by atoms with Crippen molar-refractivity contribution in [2.45, 2.75) is 25.9 Å². The van der Waals surface area contributed by atoms with E-state index in [2.05, 4.69) is 18.5 Å². The Kier molecular flexibility index (Phi) is 4.08. The molecule has 64 valence electrons. The summed E-state index contributed by atoms with van der Waals surface area (Å²) in [5, 5.41) is 3.17. The average Bonchev–Trinajstić information content (AvgIpc) is 1.84. The molecule has 0 fully saturated rings. The van der Waals surface area contributed by atoms with Crippen molar-refractivity contribution in [3.8, 4) is 0 Å². The number of nitrogens with one attached hydrogen (secondary N) is 1. The molecule has 0 aliphatic rings. The van der Waals surface area contributed by atoms with Crippen LogP contribution in [0.3, 0.4) is 0 Å². The van der Waals surface area contributed by atoms with E-state index in [0.29, 0.717) is 0 Å². The molecule has 0 heterocycles. The summed E-state index contributed by atoms with van der Waals surface area (Å²) in [5.41, 5.74) is 6.59. The molecular weight excluding hydrogens is 136 g/mol. The second-order valence-corrected chi connectivity index (χ2v) is 3.22. The quantitative estimate of drug-likeness (QED) is 0.464. The molecule has 2 heteroatoms. The number of nitrogens with two attached hydrogens (primary N) is 1. The minimum Gasteiger partial charge on any atom is -0.313 e. The topological polar surface area (TPSA) is 38.0 Å². The Balaban J connectivity index is 3.71. The molecule has 11 heavy (non-hydrogen) atoms. The number of rotatable bonds is 5. The van der Waals surface area contributed by atoms with E-state index in [-0.39, 0.29) is 5.66 Å². The third-order valence-electron chi connectivity index (χ3n) is 1.36. The van der Waals surface area contributed by atoms with Gasteiger partial charge < -0.3 is 5.73 Å². The number of hydrogen-bond donors (Lipinski definition) is 2. The minimum absolute atomic E-state index is 0.347. The second kappa shape index (κ2) is 4.31. The van der Waals surface area contributed by atoms with E-state index in [9.17, 15) is 0 Å². The van der Waals surface area contributed by atoms with Gasteiger partial charge in [0.2, 0.25) is 0 Å². The van der Waals surface area contributed by atoms with Gasteiger partial charge in [0.15, 0.2) is 0 Å². The van der Waals surface area contributed by atoms with Gasteiger partial charge in [-0.15, -0.1) is 6.58 Å². The first kappa shape index (κ1) is 10.4. The lowest BCUT2D eigenvalue weighted by molar-refractivity contribution is 0.386. The summed E-state index contributed by atoms with van der Waals surface area (Å²) in [6.45, 7) is 12.1. The van der Waals surface area contributed by atoms with E-state index in [1.165, 1.54) is 0 Å². The largest absolute Gasteiger partial charge is 0.313 e. The van der Waals surface area contributed by atoms with Crippen LogP contribution in [0, 0.1) is 0 Å². The van der Waals surface area contributed by atoms with E-state index in [1.54, 1.807) is 0 Å². The van der Waals surface area contributed by atoms with Gasteiger partial charge in [0, 0.05) is 6.54 Å². The lowest BCUT2D eigenvalue weighted by atomic mass is 10.1. The van der Waals surface area contributed by atoms with Crippen LogP contribution in [0.5, 0.6) is 0 Å². The van der Waals surface area contributed by atoms with Crippen LogP contribution in [0.15, 0.2) is 24.8 Å². The average molecular weight is 154 g/mol. The summed E-state index contributed by atoms with van der Waals surface area (Å²) in [6.07, 6.45) is 2.58. The first-order valence-corrected chi connectivity index (χ1v) is 3.77. The fourth-order valence-corrected chi connectivity index (χ4v) is 0.725. The van der Waals surface area contributed by atoms with Crippen molar-refractivity contribution in [3.05, 3.63) is 24.8 Å². The van der Waals surface area contributed by atoms with Crippen LogP contribution in [0.1, 0.15) is 20.3 Å². The molecule has 0 radical (unpaired) electrons. The van der Waals surface area contributed by atoms with E-state index in [4.69, 9.17) is 5.73 Å². The Hall–Kier alpha value is -0.600. The van der Waals surface area contributed by atoms with Crippen LogP contribution in [-0.2, 0) is 0 Å². The first-order valence-electron chi connectivity index (χ1n) is 3.77. The van der Waals surface area contributed by atoms with Gasteiger partial charge in [0.05, 0.1) is 5.66 Å². The fraction of sp³-hybridized carbons (Fsp3) is 0.556. The van der Waals surface area contributed by atoms with Gasteiger partial charge in [-0.3, -0.25) is 5.32 Å². The highest BCUT2D eigenvalue weighted by atomic mass is 15.1. The van der Waals surface area contributed by atoms with Crippen molar-refractivity contribution in [2.75, 3.05) is 6.54 Å². The lowest BCUT2D eigenvalue weighted by Crippen LogP contribution is -2.50. The van der Waals surface area contributed by atoms with E-state index < -0.39 is 0 Å². The highest BCUT2D eigenvalue weighted by Gasteiger charge is 2.13. The number of hydrogen-bond acceptors (Lipinski definition) is 2. The molecule has 0 saturated heterocycles. The molecule has 0 saturated carbocycles. The Labute approximate surface area is 69.2 Å². The molecule has 0 aromatic carbocycles. The zero-order chi connectivity index (χ0) is 8.91. The van der Waals surface area contributed by atoms with Gasteiger partial charge in [0.1, 0.15) is 0 Å². The predicted molar refractivity (Wildman–Crippen MR) is 50.2 cm³/mol. The van der Waals surface area contributed by atoms with E-state index in [0.717, 1.165) is 18.5 Å². The zero-order valence-electron chi connectivity index (χ0n) is 7.48. The van der Waals surface area contributed by atoms with Crippen LogP contribution in [0.2, 0.25) is 0 Å². The summed E-state index contributed by atoms with van der Waals surface area (Å²) >= 11 is 0. The van der Waals surface area contributed by atoms with E-state index in [1.807, 2.05) is 19.9 Å². The summed E-state index contributed by atoms with van der Waals surface area (Å²) in [6, 6.07) is 0. The Morgan fingerprint density at radius 3 is 2.64 bits per heavy atom. The normalized spacial score (nSPS) is 15.5. The Morgan fingerprint density at radius 2 is 2.27 bits per heavy atom. The molecule has 1 unspecified atom stereocenters. The van der Waals surface area contributed by atoms with Crippen LogP contribution in [0.4, 0.5) is 0 Å². The van der Waals surface area contributed by atoms with Crippen molar-refractivity contribution in [1.29, 1.82) is 0 Å². The molecule has 0 aromatic rings. The third-order valence-corrected chi connectivity index (χ3v) is 1.36. The van der Waals surface area contributed by atoms with Crippen molar-refractivity contribution in [2.24, 2.45) is 5.73 Å². The van der Waals surface area contributed by atoms with Crippen LogP contribution < -0.4 is 11.1 Å². The lowest BCUT2D eigenvalue weighted by Gasteiger charge is -2.24. The van der Waals surface area contributed by atoms with Crippen LogP contribution >= 0.6 is 0 Å². The molecule has 3 N–H and O–H groups in total. The molecule has 0 aliphatic carbocycles. The zero-order valence-corrected chi connectivity index (χ0v) is 7.48. The Morgan fingerprint density at radius 1 is 1.73 bits per heavy atom. The highest BCUT2D eigenvalue weighted by molar-refractivity contribution is 4.95. The predicted octanol–water partition coefficient (Wildman–Crippen LogP) is 1.40.